The highest BCUT2D eigenvalue weighted by atomic mass is 16.5. The number of likely N-dealkylation sites (tertiary alicyclic amines) is 1. The molecule has 1 heterocycles. The fraction of sp³-hybridized carbons (Fsp3) is 0.458. The van der Waals surface area contributed by atoms with Gasteiger partial charge in [0.15, 0.2) is 0 Å². The van der Waals surface area contributed by atoms with Gasteiger partial charge in [-0.15, -0.1) is 0 Å². The van der Waals surface area contributed by atoms with Gasteiger partial charge in [-0.2, -0.15) is 0 Å². The van der Waals surface area contributed by atoms with Crippen molar-refractivity contribution in [3.63, 3.8) is 0 Å². The first kappa shape index (κ1) is 21.3. The molecule has 2 N–H and O–H groups in total. The molecule has 156 valence electrons. The van der Waals surface area contributed by atoms with Gasteiger partial charge in [-0.3, -0.25) is 9.69 Å². The van der Waals surface area contributed by atoms with Crippen LogP contribution in [-0.4, -0.2) is 54.3 Å². The van der Waals surface area contributed by atoms with Crippen LogP contribution in [0.1, 0.15) is 30.4 Å². The van der Waals surface area contributed by atoms with Crippen LogP contribution in [0.15, 0.2) is 54.6 Å². The molecule has 29 heavy (non-hydrogen) atoms. The first-order valence-electron chi connectivity index (χ1n) is 10.5. The molecule has 0 bridgehead atoms. The maximum absolute atomic E-state index is 12.3. The van der Waals surface area contributed by atoms with Crippen LogP contribution >= 0.6 is 0 Å². The summed E-state index contributed by atoms with van der Waals surface area (Å²) in [6, 6.07) is 18.0. The van der Waals surface area contributed by atoms with Gasteiger partial charge in [0.1, 0.15) is 12.4 Å². The lowest BCUT2D eigenvalue weighted by molar-refractivity contribution is -0.122. The van der Waals surface area contributed by atoms with E-state index in [9.17, 15) is 9.90 Å². The molecule has 0 radical (unpaired) electrons. The van der Waals surface area contributed by atoms with E-state index in [4.69, 9.17) is 4.74 Å². The fourth-order valence-corrected chi connectivity index (χ4v) is 3.64. The molecule has 5 nitrogen and oxygen atoms in total. The molecule has 1 aliphatic rings. The van der Waals surface area contributed by atoms with Gasteiger partial charge in [0, 0.05) is 13.1 Å². The maximum Gasteiger partial charge on any atom is 0.234 e. The summed E-state index contributed by atoms with van der Waals surface area (Å²) in [4.78, 5) is 14.4. The summed E-state index contributed by atoms with van der Waals surface area (Å²) in [6.07, 6.45) is 2.98. The SMILES string of the molecule is Cc1ccc(OC[C@]2(O)CCCN(CC(=O)NCCc3ccccc3)CC2)cc1. The molecule has 1 saturated heterocycles. The second-order valence-corrected chi connectivity index (χ2v) is 8.04. The zero-order valence-corrected chi connectivity index (χ0v) is 17.3. The highest BCUT2D eigenvalue weighted by molar-refractivity contribution is 5.78. The number of amides is 1. The third-order valence-corrected chi connectivity index (χ3v) is 5.48. The Morgan fingerprint density at radius 2 is 1.86 bits per heavy atom. The van der Waals surface area contributed by atoms with Crippen LogP contribution < -0.4 is 10.1 Å². The maximum atomic E-state index is 12.3. The molecule has 0 spiro atoms. The van der Waals surface area contributed by atoms with Crippen molar-refractivity contribution in [2.45, 2.75) is 38.2 Å². The van der Waals surface area contributed by atoms with Crippen molar-refractivity contribution in [3.05, 3.63) is 65.7 Å². The second-order valence-electron chi connectivity index (χ2n) is 8.04. The number of aliphatic hydroxyl groups is 1. The summed E-state index contributed by atoms with van der Waals surface area (Å²) >= 11 is 0. The molecule has 1 atom stereocenters. The first-order valence-corrected chi connectivity index (χ1v) is 10.5. The molecule has 5 heteroatoms. The van der Waals surface area contributed by atoms with Crippen molar-refractivity contribution in [1.82, 2.24) is 10.2 Å². The number of ether oxygens (including phenoxy) is 1. The quantitative estimate of drug-likeness (QED) is 0.720. The van der Waals surface area contributed by atoms with Crippen LogP contribution in [0.3, 0.4) is 0 Å². The molecule has 2 aromatic rings. The van der Waals surface area contributed by atoms with Gasteiger partial charge in [0.25, 0.3) is 0 Å². The minimum Gasteiger partial charge on any atom is -0.491 e. The Morgan fingerprint density at radius 1 is 1.10 bits per heavy atom. The van der Waals surface area contributed by atoms with E-state index in [-0.39, 0.29) is 12.5 Å². The summed E-state index contributed by atoms with van der Waals surface area (Å²) in [7, 11) is 0. The number of nitrogens with one attached hydrogen (secondary N) is 1. The van der Waals surface area contributed by atoms with Crippen molar-refractivity contribution in [2.24, 2.45) is 0 Å². The lowest BCUT2D eigenvalue weighted by Gasteiger charge is -2.27. The van der Waals surface area contributed by atoms with Crippen molar-refractivity contribution >= 4 is 5.91 Å². The van der Waals surface area contributed by atoms with Gasteiger partial charge in [-0.25, -0.2) is 0 Å². The predicted octanol–water partition coefficient (Wildman–Crippen LogP) is 2.95. The summed E-state index contributed by atoms with van der Waals surface area (Å²) in [6.45, 7) is 4.86. The number of nitrogens with zero attached hydrogens (tertiary/aromatic N) is 1. The number of hydrogen-bond donors (Lipinski definition) is 2. The van der Waals surface area contributed by atoms with E-state index in [1.54, 1.807) is 0 Å². The van der Waals surface area contributed by atoms with Crippen LogP contribution in [0.4, 0.5) is 0 Å². The third-order valence-electron chi connectivity index (χ3n) is 5.48. The average molecular weight is 397 g/mol. The smallest absolute Gasteiger partial charge is 0.234 e. The third kappa shape index (κ3) is 7.18. The second kappa shape index (κ2) is 10.4. The van der Waals surface area contributed by atoms with Gasteiger partial charge in [-0.05, 0) is 56.8 Å². The van der Waals surface area contributed by atoms with Crippen molar-refractivity contribution in [3.8, 4) is 5.75 Å². The van der Waals surface area contributed by atoms with E-state index >= 15 is 0 Å². The van der Waals surface area contributed by atoms with Crippen LogP contribution in [0.25, 0.3) is 0 Å². The Hall–Kier alpha value is -2.37. The number of carbonyl (C=O) groups is 1. The van der Waals surface area contributed by atoms with Gasteiger partial charge in [0.05, 0.1) is 12.1 Å². The summed E-state index contributed by atoms with van der Waals surface area (Å²) in [5.41, 5.74) is 1.56. The van der Waals surface area contributed by atoms with Crippen LogP contribution in [0, 0.1) is 6.92 Å². The Kier molecular flexibility index (Phi) is 7.67. The van der Waals surface area contributed by atoms with E-state index in [0.29, 0.717) is 32.5 Å². The summed E-state index contributed by atoms with van der Waals surface area (Å²) < 4.78 is 5.82. The molecule has 0 unspecified atom stereocenters. The Labute approximate surface area is 173 Å². The molecular weight excluding hydrogens is 364 g/mol. The largest absolute Gasteiger partial charge is 0.491 e. The standard InChI is InChI=1S/C24H32N2O3/c1-20-8-10-22(11-9-20)29-19-24(28)13-5-16-26(17-14-24)18-23(27)25-15-12-21-6-3-2-4-7-21/h2-4,6-11,28H,5,12-19H2,1H3,(H,25,27)/t24-/m0/s1. The highest BCUT2D eigenvalue weighted by Crippen LogP contribution is 2.24. The number of benzene rings is 2. The minimum absolute atomic E-state index is 0.0438. The van der Waals surface area contributed by atoms with E-state index in [2.05, 4.69) is 22.3 Å². The van der Waals surface area contributed by atoms with Gasteiger partial charge in [-0.1, -0.05) is 48.0 Å². The van der Waals surface area contributed by atoms with Gasteiger partial charge in [0.2, 0.25) is 5.91 Å². The zero-order valence-electron chi connectivity index (χ0n) is 17.3. The first-order chi connectivity index (χ1) is 14.0. The van der Waals surface area contributed by atoms with E-state index in [1.807, 2.05) is 49.4 Å². The molecule has 0 aromatic heterocycles. The Bertz CT molecular complexity index is 763. The Morgan fingerprint density at radius 3 is 2.62 bits per heavy atom. The molecule has 2 aromatic carbocycles. The van der Waals surface area contributed by atoms with Crippen molar-refractivity contribution in [1.29, 1.82) is 0 Å². The monoisotopic (exact) mass is 396 g/mol. The fourth-order valence-electron chi connectivity index (χ4n) is 3.64. The molecular formula is C24H32N2O3. The molecule has 1 fully saturated rings. The molecule has 0 aliphatic carbocycles. The minimum atomic E-state index is -0.844. The number of aryl methyl sites for hydroxylation is 1. The van der Waals surface area contributed by atoms with Crippen molar-refractivity contribution in [2.75, 3.05) is 32.8 Å². The molecule has 3 rings (SSSR count). The van der Waals surface area contributed by atoms with Crippen LogP contribution in [0.2, 0.25) is 0 Å². The molecule has 0 saturated carbocycles. The number of hydrogen-bond acceptors (Lipinski definition) is 4. The van der Waals surface area contributed by atoms with Gasteiger partial charge >= 0.3 is 0 Å². The Balaban J connectivity index is 1.39. The summed E-state index contributed by atoms with van der Waals surface area (Å²) in [5.74, 6) is 0.824. The molecule has 1 amide bonds. The van der Waals surface area contributed by atoms with Gasteiger partial charge < -0.3 is 15.2 Å². The van der Waals surface area contributed by atoms with Crippen molar-refractivity contribution < 1.29 is 14.6 Å². The topological polar surface area (TPSA) is 61.8 Å². The predicted molar refractivity (Wildman–Crippen MR) is 115 cm³/mol. The molecule has 1 aliphatic heterocycles. The van der Waals surface area contributed by atoms with E-state index in [0.717, 1.165) is 25.1 Å². The number of rotatable bonds is 8. The lowest BCUT2D eigenvalue weighted by Crippen LogP contribution is -2.40. The van der Waals surface area contributed by atoms with Crippen LogP contribution in [-0.2, 0) is 11.2 Å². The average Bonchev–Trinajstić information content (AvgIpc) is 2.90. The normalized spacial score (nSPS) is 20.1. The lowest BCUT2D eigenvalue weighted by atomic mass is 9.96. The van der Waals surface area contributed by atoms with Crippen LogP contribution in [0.5, 0.6) is 5.75 Å². The summed E-state index contributed by atoms with van der Waals surface area (Å²) in [5, 5.41) is 13.9. The number of carbonyl (C=O) groups excluding carboxylic acids is 1. The zero-order chi connectivity index (χ0) is 20.5. The van der Waals surface area contributed by atoms with E-state index < -0.39 is 5.60 Å². The van der Waals surface area contributed by atoms with E-state index in [1.165, 1.54) is 11.1 Å². The highest BCUT2D eigenvalue weighted by Gasteiger charge is 2.31.